The summed E-state index contributed by atoms with van der Waals surface area (Å²) in [4.78, 5) is 7.62. The summed E-state index contributed by atoms with van der Waals surface area (Å²) in [5, 5.41) is 7.38. The second-order valence-electron chi connectivity index (χ2n) is 5.07. The van der Waals surface area contributed by atoms with E-state index < -0.39 is 11.9 Å². The van der Waals surface area contributed by atoms with Gasteiger partial charge < -0.3 is 15.4 Å². The Kier molecular flexibility index (Phi) is 9.30. The normalized spacial score (nSPS) is 13.0. The van der Waals surface area contributed by atoms with E-state index in [9.17, 15) is 13.2 Å². The molecule has 144 valence electrons. The molecule has 1 heterocycles. The van der Waals surface area contributed by atoms with Gasteiger partial charge in [0.1, 0.15) is 5.01 Å². The molecule has 10 heteroatoms. The first-order chi connectivity index (χ1) is 11.9. The summed E-state index contributed by atoms with van der Waals surface area (Å²) in [7, 11) is 3.20. The number of ether oxygens (including phenoxy) is 1. The van der Waals surface area contributed by atoms with Crippen molar-refractivity contribution in [3.05, 3.63) is 52.0 Å². The van der Waals surface area contributed by atoms with Gasteiger partial charge >= 0.3 is 6.18 Å². The topological polar surface area (TPSA) is 58.5 Å². The standard InChI is InChI=1S/C16H19F3N4OS.HI/c1-20-15(21-8-12(24-2)11-6-4-3-5-7-11)22-9-14-23-13(10-25-14)16(17,18)19;/h3-7,10,12H,8-9H2,1-2H3,(H2,20,21,22);1H. The Morgan fingerprint density at radius 3 is 2.50 bits per heavy atom. The molecular formula is C16H20F3IN4OS. The van der Waals surface area contributed by atoms with Crippen molar-refractivity contribution in [1.82, 2.24) is 15.6 Å². The molecular weight excluding hydrogens is 480 g/mol. The predicted octanol–water partition coefficient (Wildman–Crippen LogP) is 3.83. The van der Waals surface area contributed by atoms with Gasteiger partial charge in [-0.25, -0.2) is 4.98 Å². The molecule has 0 fully saturated rings. The van der Waals surface area contributed by atoms with E-state index in [1.807, 2.05) is 30.3 Å². The molecule has 26 heavy (non-hydrogen) atoms. The van der Waals surface area contributed by atoms with Gasteiger partial charge in [0.05, 0.1) is 12.6 Å². The fourth-order valence-corrected chi connectivity index (χ4v) is 2.84. The number of alkyl halides is 3. The Hall–Kier alpha value is -1.40. The van der Waals surface area contributed by atoms with Crippen LogP contribution in [0.5, 0.6) is 0 Å². The summed E-state index contributed by atoms with van der Waals surface area (Å²) in [6.45, 7) is 0.620. The Morgan fingerprint density at radius 2 is 1.96 bits per heavy atom. The van der Waals surface area contributed by atoms with Gasteiger partial charge in [0.25, 0.3) is 0 Å². The van der Waals surface area contributed by atoms with E-state index >= 15 is 0 Å². The molecule has 1 aromatic carbocycles. The maximum Gasteiger partial charge on any atom is 0.434 e. The molecule has 1 aromatic heterocycles. The van der Waals surface area contributed by atoms with Gasteiger partial charge in [0, 0.05) is 26.1 Å². The Morgan fingerprint density at radius 1 is 1.27 bits per heavy atom. The minimum absolute atomic E-state index is 0. The molecule has 0 bridgehead atoms. The first-order valence-corrected chi connectivity index (χ1v) is 8.36. The molecule has 2 N–H and O–H groups in total. The van der Waals surface area contributed by atoms with Crippen LogP contribution in [0.2, 0.25) is 0 Å². The number of halogens is 4. The van der Waals surface area contributed by atoms with Gasteiger partial charge in [0.2, 0.25) is 0 Å². The van der Waals surface area contributed by atoms with Crippen molar-refractivity contribution >= 4 is 41.3 Å². The highest BCUT2D eigenvalue weighted by molar-refractivity contribution is 14.0. The van der Waals surface area contributed by atoms with Gasteiger partial charge in [-0.2, -0.15) is 13.2 Å². The van der Waals surface area contributed by atoms with Crippen LogP contribution in [0.4, 0.5) is 13.2 Å². The van der Waals surface area contributed by atoms with Crippen molar-refractivity contribution in [3.63, 3.8) is 0 Å². The third kappa shape index (κ3) is 6.72. The summed E-state index contributed by atoms with van der Waals surface area (Å²) in [5.41, 5.74) is 0.142. The van der Waals surface area contributed by atoms with Crippen LogP contribution >= 0.6 is 35.3 Å². The molecule has 1 unspecified atom stereocenters. The van der Waals surface area contributed by atoms with E-state index in [2.05, 4.69) is 20.6 Å². The van der Waals surface area contributed by atoms with Crippen molar-refractivity contribution in [2.45, 2.75) is 18.8 Å². The summed E-state index contributed by atoms with van der Waals surface area (Å²) < 4.78 is 43.1. The van der Waals surface area contributed by atoms with Crippen molar-refractivity contribution in [2.75, 3.05) is 20.7 Å². The van der Waals surface area contributed by atoms with Crippen LogP contribution in [0.25, 0.3) is 0 Å². The number of nitrogens with zero attached hydrogens (tertiary/aromatic N) is 2. The molecule has 0 radical (unpaired) electrons. The van der Waals surface area contributed by atoms with Gasteiger partial charge in [-0.15, -0.1) is 35.3 Å². The number of methoxy groups -OCH3 is 1. The smallest absolute Gasteiger partial charge is 0.375 e. The first-order valence-electron chi connectivity index (χ1n) is 7.48. The summed E-state index contributed by atoms with van der Waals surface area (Å²) in [5.74, 6) is 0.460. The number of guanidine groups is 1. The molecule has 0 aliphatic carbocycles. The number of nitrogens with one attached hydrogen (secondary N) is 2. The largest absolute Gasteiger partial charge is 0.434 e. The van der Waals surface area contributed by atoms with Crippen molar-refractivity contribution in [3.8, 4) is 0 Å². The molecule has 1 atom stereocenters. The van der Waals surface area contributed by atoms with E-state index in [1.54, 1.807) is 14.2 Å². The molecule has 0 saturated heterocycles. The van der Waals surface area contributed by atoms with Gasteiger partial charge in [-0.1, -0.05) is 30.3 Å². The van der Waals surface area contributed by atoms with Crippen LogP contribution in [0.3, 0.4) is 0 Å². The summed E-state index contributed by atoms with van der Waals surface area (Å²) in [6.07, 6.45) is -4.59. The second-order valence-corrected chi connectivity index (χ2v) is 6.01. The van der Waals surface area contributed by atoms with Crippen LogP contribution in [-0.4, -0.2) is 31.6 Å². The summed E-state index contributed by atoms with van der Waals surface area (Å²) in [6, 6.07) is 9.69. The van der Waals surface area contributed by atoms with Crippen LogP contribution < -0.4 is 10.6 Å². The number of aliphatic imine (C=N–C) groups is 1. The second kappa shape index (κ2) is 10.7. The maximum atomic E-state index is 12.5. The molecule has 0 aliphatic heterocycles. The van der Waals surface area contributed by atoms with Gasteiger partial charge in [-0.3, -0.25) is 4.99 Å². The monoisotopic (exact) mass is 500 g/mol. The first kappa shape index (κ1) is 22.6. The Labute approximate surface area is 171 Å². The van der Waals surface area contributed by atoms with Crippen LogP contribution in [0.1, 0.15) is 22.4 Å². The summed E-state index contributed by atoms with van der Waals surface area (Å²) >= 11 is 0.954. The zero-order chi connectivity index (χ0) is 18.3. The molecule has 0 aliphatic rings. The minimum atomic E-state index is -4.42. The fraction of sp³-hybridized carbons (Fsp3) is 0.375. The molecule has 0 amide bonds. The Balaban J connectivity index is 0.00000338. The van der Waals surface area contributed by atoms with E-state index in [4.69, 9.17) is 4.74 Å². The number of hydrogen-bond acceptors (Lipinski definition) is 4. The predicted molar refractivity (Wildman–Crippen MR) is 107 cm³/mol. The van der Waals surface area contributed by atoms with Crippen LogP contribution in [-0.2, 0) is 17.5 Å². The molecule has 0 saturated carbocycles. The average Bonchev–Trinajstić information content (AvgIpc) is 3.08. The Bertz CT molecular complexity index is 694. The van der Waals surface area contributed by atoms with E-state index in [1.165, 1.54) is 0 Å². The molecule has 2 aromatic rings. The van der Waals surface area contributed by atoms with Crippen molar-refractivity contribution in [2.24, 2.45) is 4.99 Å². The molecule has 2 rings (SSSR count). The number of rotatable bonds is 6. The quantitative estimate of drug-likeness (QED) is 0.360. The number of hydrogen-bond donors (Lipinski definition) is 2. The molecule has 5 nitrogen and oxygen atoms in total. The van der Waals surface area contributed by atoms with E-state index in [0.29, 0.717) is 17.5 Å². The lowest BCUT2D eigenvalue weighted by Crippen LogP contribution is -2.39. The zero-order valence-corrected chi connectivity index (χ0v) is 17.4. The number of benzene rings is 1. The molecule has 0 spiro atoms. The van der Waals surface area contributed by atoms with Gasteiger partial charge in [0.15, 0.2) is 11.7 Å². The lowest BCUT2D eigenvalue weighted by molar-refractivity contribution is -0.140. The minimum Gasteiger partial charge on any atom is -0.375 e. The maximum absolute atomic E-state index is 12.5. The van der Waals surface area contributed by atoms with E-state index in [-0.39, 0.29) is 36.6 Å². The highest BCUT2D eigenvalue weighted by Gasteiger charge is 2.33. The van der Waals surface area contributed by atoms with Crippen molar-refractivity contribution in [1.29, 1.82) is 0 Å². The average molecular weight is 500 g/mol. The zero-order valence-electron chi connectivity index (χ0n) is 14.2. The highest BCUT2D eigenvalue weighted by atomic mass is 127. The van der Waals surface area contributed by atoms with Gasteiger partial charge in [-0.05, 0) is 5.56 Å². The SMILES string of the molecule is CN=C(NCc1nc(C(F)(F)F)cs1)NCC(OC)c1ccccc1.I. The third-order valence-electron chi connectivity index (χ3n) is 3.38. The number of aromatic nitrogens is 1. The number of thiazole rings is 1. The fourth-order valence-electron chi connectivity index (χ4n) is 2.10. The third-order valence-corrected chi connectivity index (χ3v) is 4.23. The van der Waals surface area contributed by atoms with E-state index in [0.717, 1.165) is 22.3 Å². The van der Waals surface area contributed by atoms with Crippen LogP contribution in [0.15, 0.2) is 40.7 Å². The lowest BCUT2D eigenvalue weighted by atomic mass is 10.1. The van der Waals surface area contributed by atoms with Crippen molar-refractivity contribution < 1.29 is 17.9 Å². The lowest BCUT2D eigenvalue weighted by Gasteiger charge is -2.18. The highest BCUT2D eigenvalue weighted by Crippen LogP contribution is 2.29. The van der Waals surface area contributed by atoms with Crippen LogP contribution in [0, 0.1) is 0 Å².